The number of halogens is 2. The molecule has 27 heavy (non-hydrogen) atoms. The third kappa shape index (κ3) is 5.39. The van der Waals surface area contributed by atoms with E-state index in [1.807, 2.05) is 12.1 Å². The van der Waals surface area contributed by atoms with Crippen LogP contribution < -0.4 is 10.7 Å². The molecule has 2 aromatic carbocycles. The first-order chi connectivity index (χ1) is 13.0. The summed E-state index contributed by atoms with van der Waals surface area (Å²) in [6.45, 7) is 0. The maximum absolute atomic E-state index is 12.9. The first kappa shape index (κ1) is 18.6. The smallest absolute Gasteiger partial charge is 0.276 e. The Balaban J connectivity index is 1.52. The molecule has 0 aliphatic rings. The van der Waals surface area contributed by atoms with E-state index < -0.39 is 11.7 Å². The predicted molar refractivity (Wildman–Crippen MR) is 101 cm³/mol. The standard InChI is InChI=1S/C19H16ClFN4O2/c20-14-4-1-13(2-5-14)3-10-18(26)24-25-12-11-17(23-25)19(27)22-16-8-6-15(21)7-9-16/h1-2,4-9,11-12H,3,10H2,(H,22,27)(H,24,26). The van der Waals surface area contributed by atoms with Crippen LogP contribution in [0.5, 0.6) is 0 Å². The van der Waals surface area contributed by atoms with E-state index in [1.165, 1.54) is 41.3 Å². The van der Waals surface area contributed by atoms with Crippen molar-refractivity contribution in [3.8, 4) is 0 Å². The number of nitrogens with one attached hydrogen (secondary N) is 2. The lowest BCUT2D eigenvalue weighted by molar-refractivity contribution is -0.117. The van der Waals surface area contributed by atoms with E-state index in [2.05, 4.69) is 15.8 Å². The maximum atomic E-state index is 12.9. The zero-order chi connectivity index (χ0) is 19.2. The van der Waals surface area contributed by atoms with Crippen molar-refractivity contribution in [3.63, 3.8) is 0 Å². The topological polar surface area (TPSA) is 76.0 Å². The van der Waals surface area contributed by atoms with Crippen molar-refractivity contribution in [3.05, 3.63) is 82.9 Å². The summed E-state index contributed by atoms with van der Waals surface area (Å²) in [7, 11) is 0. The third-order valence-electron chi connectivity index (χ3n) is 3.72. The molecule has 3 rings (SSSR count). The lowest BCUT2D eigenvalue weighted by Crippen LogP contribution is -2.24. The zero-order valence-corrected chi connectivity index (χ0v) is 14.9. The van der Waals surface area contributed by atoms with Gasteiger partial charge in [0.2, 0.25) is 5.91 Å². The molecule has 0 aliphatic carbocycles. The Morgan fingerprint density at radius 2 is 1.74 bits per heavy atom. The molecule has 0 aliphatic heterocycles. The average Bonchev–Trinajstić information content (AvgIpc) is 3.12. The first-order valence-corrected chi connectivity index (χ1v) is 8.54. The molecule has 0 fully saturated rings. The Morgan fingerprint density at radius 3 is 2.44 bits per heavy atom. The van der Waals surface area contributed by atoms with Crippen LogP contribution >= 0.6 is 11.6 Å². The normalized spacial score (nSPS) is 10.4. The molecule has 2 N–H and O–H groups in total. The molecular formula is C19H16ClFN4O2. The summed E-state index contributed by atoms with van der Waals surface area (Å²) < 4.78 is 12.9. The van der Waals surface area contributed by atoms with Crippen LogP contribution in [0.15, 0.2) is 60.8 Å². The van der Waals surface area contributed by atoms with Gasteiger partial charge in [0, 0.05) is 23.3 Å². The SMILES string of the molecule is O=C(CCc1ccc(Cl)cc1)Nn1ccc(C(=O)Nc2ccc(F)cc2)n1. The number of anilines is 1. The highest BCUT2D eigenvalue weighted by Crippen LogP contribution is 2.11. The molecule has 3 aromatic rings. The Bertz CT molecular complexity index is 939. The van der Waals surface area contributed by atoms with Crippen LogP contribution in [0.3, 0.4) is 0 Å². The summed E-state index contributed by atoms with van der Waals surface area (Å²) in [5.41, 5.74) is 4.15. The second-order valence-electron chi connectivity index (χ2n) is 5.77. The van der Waals surface area contributed by atoms with Crippen LogP contribution in [0.4, 0.5) is 10.1 Å². The molecule has 0 unspecified atom stereocenters. The van der Waals surface area contributed by atoms with Gasteiger partial charge < -0.3 is 5.32 Å². The monoisotopic (exact) mass is 386 g/mol. The molecule has 8 heteroatoms. The lowest BCUT2D eigenvalue weighted by Gasteiger charge is -2.05. The van der Waals surface area contributed by atoms with E-state index in [4.69, 9.17) is 11.6 Å². The molecule has 0 atom stereocenters. The number of nitrogens with zero attached hydrogens (tertiary/aromatic N) is 2. The van der Waals surface area contributed by atoms with Crippen LogP contribution in [0, 0.1) is 5.82 Å². The van der Waals surface area contributed by atoms with Gasteiger partial charge >= 0.3 is 0 Å². The minimum absolute atomic E-state index is 0.123. The molecule has 0 saturated carbocycles. The van der Waals surface area contributed by atoms with Gasteiger partial charge in [-0.25, -0.2) is 9.82 Å². The lowest BCUT2D eigenvalue weighted by atomic mass is 10.1. The summed E-state index contributed by atoms with van der Waals surface area (Å²) in [6.07, 6.45) is 2.29. The van der Waals surface area contributed by atoms with E-state index in [1.54, 1.807) is 12.1 Å². The second kappa shape index (κ2) is 8.46. The van der Waals surface area contributed by atoms with Gasteiger partial charge in [0.25, 0.3) is 5.91 Å². The highest BCUT2D eigenvalue weighted by Gasteiger charge is 2.11. The number of hydrogen-bond donors (Lipinski definition) is 2. The summed E-state index contributed by atoms with van der Waals surface area (Å²) in [5.74, 6) is -1.09. The number of aryl methyl sites for hydroxylation is 1. The quantitative estimate of drug-likeness (QED) is 0.679. The van der Waals surface area contributed by atoms with Gasteiger partial charge in [-0.15, -0.1) is 5.10 Å². The molecule has 0 bridgehead atoms. The van der Waals surface area contributed by atoms with Crippen LogP contribution in [-0.2, 0) is 11.2 Å². The molecule has 0 spiro atoms. The van der Waals surface area contributed by atoms with Gasteiger partial charge in [0.05, 0.1) is 0 Å². The van der Waals surface area contributed by atoms with Crippen LogP contribution in [0.1, 0.15) is 22.5 Å². The summed E-state index contributed by atoms with van der Waals surface area (Å²) >= 11 is 5.83. The Kier molecular flexibility index (Phi) is 5.83. The minimum Gasteiger partial charge on any atom is -0.321 e. The number of benzene rings is 2. The van der Waals surface area contributed by atoms with Crippen molar-refractivity contribution in [1.29, 1.82) is 0 Å². The number of carbonyl (C=O) groups excluding carboxylic acids is 2. The van der Waals surface area contributed by atoms with Crippen LogP contribution in [0.25, 0.3) is 0 Å². The molecule has 1 aromatic heterocycles. The zero-order valence-electron chi connectivity index (χ0n) is 14.2. The van der Waals surface area contributed by atoms with E-state index in [0.717, 1.165) is 5.56 Å². The van der Waals surface area contributed by atoms with Crippen molar-refractivity contribution in [2.75, 3.05) is 10.7 Å². The van der Waals surface area contributed by atoms with E-state index >= 15 is 0 Å². The molecule has 1 heterocycles. The van der Waals surface area contributed by atoms with Crippen LogP contribution in [0.2, 0.25) is 5.02 Å². The van der Waals surface area contributed by atoms with Gasteiger partial charge in [-0.2, -0.15) is 4.79 Å². The first-order valence-electron chi connectivity index (χ1n) is 8.16. The number of rotatable bonds is 6. The van der Waals surface area contributed by atoms with Crippen molar-refractivity contribution in [2.45, 2.75) is 12.8 Å². The van der Waals surface area contributed by atoms with E-state index in [9.17, 15) is 14.0 Å². The summed E-state index contributed by atoms with van der Waals surface area (Å²) in [6, 6.07) is 14.1. The average molecular weight is 387 g/mol. The fourth-order valence-electron chi connectivity index (χ4n) is 2.33. The number of hydrogen-bond acceptors (Lipinski definition) is 3. The number of carbonyl (C=O) groups is 2. The highest BCUT2D eigenvalue weighted by atomic mass is 35.5. The molecule has 6 nitrogen and oxygen atoms in total. The predicted octanol–water partition coefficient (Wildman–Crippen LogP) is 3.63. The number of amides is 2. The van der Waals surface area contributed by atoms with E-state index in [0.29, 0.717) is 17.1 Å². The molecule has 138 valence electrons. The number of aromatic nitrogens is 2. The fourth-order valence-corrected chi connectivity index (χ4v) is 2.45. The fraction of sp³-hybridized carbons (Fsp3) is 0.105. The van der Waals surface area contributed by atoms with Crippen molar-refractivity contribution < 1.29 is 14.0 Å². The van der Waals surface area contributed by atoms with Crippen molar-refractivity contribution in [1.82, 2.24) is 9.89 Å². The Morgan fingerprint density at radius 1 is 1.04 bits per heavy atom. The molecule has 0 radical (unpaired) electrons. The van der Waals surface area contributed by atoms with Crippen molar-refractivity contribution in [2.24, 2.45) is 0 Å². The summed E-state index contributed by atoms with van der Waals surface area (Å²) in [4.78, 5) is 25.3. The molecule has 2 amide bonds. The van der Waals surface area contributed by atoms with Crippen LogP contribution in [-0.4, -0.2) is 21.7 Å². The highest BCUT2D eigenvalue weighted by molar-refractivity contribution is 6.30. The Hall–Kier alpha value is -3.19. The maximum Gasteiger partial charge on any atom is 0.276 e. The van der Waals surface area contributed by atoms with Gasteiger partial charge in [0.15, 0.2) is 5.69 Å². The minimum atomic E-state index is -0.462. The van der Waals surface area contributed by atoms with Gasteiger partial charge in [-0.3, -0.25) is 9.59 Å². The molecule has 0 saturated heterocycles. The van der Waals surface area contributed by atoms with E-state index in [-0.39, 0.29) is 18.0 Å². The van der Waals surface area contributed by atoms with Crippen molar-refractivity contribution >= 4 is 29.1 Å². The summed E-state index contributed by atoms with van der Waals surface area (Å²) in [5, 5.41) is 7.25. The van der Waals surface area contributed by atoms with Gasteiger partial charge in [-0.1, -0.05) is 23.7 Å². The van der Waals surface area contributed by atoms with Gasteiger partial charge in [-0.05, 0) is 54.4 Å². The second-order valence-corrected chi connectivity index (χ2v) is 6.20. The largest absolute Gasteiger partial charge is 0.321 e. The Labute approximate surface area is 159 Å². The third-order valence-corrected chi connectivity index (χ3v) is 3.97. The molecular weight excluding hydrogens is 371 g/mol. The van der Waals surface area contributed by atoms with Gasteiger partial charge in [0.1, 0.15) is 5.82 Å².